The van der Waals surface area contributed by atoms with E-state index in [-0.39, 0.29) is 24.4 Å². The Kier molecular flexibility index (Phi) is 7.85. The van der Waals surface area contributed by atoms with E-state index in [4.69, 9.17) is 39.5 Å². The molecule has 2 aliphatic rings. The van der Waals surface area contributed by atoms with Gasteiger partial charge in [-0.2, -0.15) is 5.10 Å². The van der Waals surface area contributed by atoms with Gasteiger partial charge in [0.05, 0.1) is 30.0 Å². The number of anilines is 1. The first-order valence-corrected chi connectivity index (χ1v) is 10.4. The highest BCUT2D eigenvalue weighted by molar-refractivity contribution is 6.40. The fourth-order valence-electron chi connectivity index (χ4n) is 3.36. The van der Waals surface area contributed by atoms with Crippen molar-refractivity contribution in [2.45, 2.75) is 12.5 Å². The van der Waals surface area contributed by atoms with E-state index in [1.807, 2.05) is 29.3 Å². The minimum absolute atomic E-state index is 0. The van der Waals surface area contributed by atoms with Crippen molar-refractivity contribution in [3.05, 3.63) is 63.1 Å². The maximum atomic E-state index is 12.8. The zero-order valence-electron chi connectivity index (χ0n) is 15.9. The Morgan fingerprint density at radius 3 is 2.37 bits per heavy atom. The predicted octanol–water partition coefficient (Wildman–Crippen LogP) is 4.74. The smallest absolute Gasteiger partial charge is 0.281 e. The molecule has 2 heterocycles. The van der Waals surface area contributed by atoms with Crippen molar-refractivity contribution < 1.29 is 9.53 Å². The van der Waals surface area contributed by atoms with Crippen molar-refractivity contribution in [3.63, 3.8) is 0 Å². The van der Waals surface area contributed by atoms with Gasteiger partial charge in [-0.1, -0.05) is 46.9 Å². The Balaban J connectivity index is 0.00000256. The fourth-order valence-corrected chi connectivity index (χ4v) is 3.99. The van der Waals surface area contributed by atoms with Gasteiger partial charge >= 0.3 is 0 Å². The van der Waals surface area contributed by atoms with Crippen LogP contribution in [-0.4, -0.2) is 42.9 Å². The van der Waals surface area contributed by atoms with E-state index < -0.39 is 0 Å². The molecule has 30 heavy (non-hydrogen) atoms. The molecule has 0 unspecified atom stereocenters. The molecule has 0 radical (unpaired) electrons. The Hall–Kier alpha value is -1.54. The minimum atomic E-state index is -0.224. The molecule has 2 aliphatic heterocycles. The van der Waals surface area contributed by atoms with Crippen molar-refractivity contribution in [2.75, 3.05) is 31.3 Å². The summed E-state index contributed by atoms with van der Waals surface area (Å²) in [4.78, 5) is 12.8. The molecule has 0 saturated carbocycles. The average Bonchev–Trinajstić information content (AvgIpc) is 3.14. The van der Waals surface area contributed by atoms with E-state index in [2.05, 4.69) is 10.5 Å². The van der Waals surface area contributed by atoms with Gasteiger partial charge in [0.2, 0.25) is 0 Å². The van der Waals surface area contributed by atoms with E-state index in [1.54, 1.807) is 23.2 Å². The van der Waals surface area contributed by atoms with Gasteiger partial charge in [0.15, 0.2) is 0 Å². The van der Waals surface area contributed by atoms with Crippen LogP contribution in [0, 0.1) is 0 Å². The first kappa shape index (κ1) is 23.1. The number of halogens is 4. The lowest BCUT2D eigenvalue weighted by Crippen LogP contribution is -2.50. The summed E-state index contributed by atoms with van der Waals surface area (Å²) in [5, 5.41) is 9.89. The highest BCUT2D eigenvalue weighted by Crippen LogP contribution is 2.39. The number of benzene rings is 2. The number of nitrogens with one attached hydrogen (secondary N) is 1. The van der Waals surface area contributed by atoms with Crippen LogP contribution in [0.4, 0.5) is 5.69 Å². The van der Waals surface area contributed by atoms with E-state index in [0.29, 0.717) is 59.2 Å². The molecule has 6 nitrogen and oxygen atoms in total. The van der Waals surface area contributed by atoms with Crippen LogP contribution < -0.4 is 10.4 Å². The van der Waals surface area contributed by atoms with Gasteiger partial charge in [0.25, 0.3) is 5.91 Å². The molecule has 0 spiro atoms. The summed E-state index contributed by atoms with van der Waals surface area (Å²) in [7, 11) is 0. The highest BCUT2D eigenvalue weighted by atomic mass is 35.5. The monoisotopic (exact) mass is 488 g/mol. The first-order chi connectivity index (χ1) is 14.0. The molecule has 10 heteroatoms. The summed E-state index contributed by atoms with van der Waals surface area (Å²) < 4.78 is 5.32. The summed E-state index contributed by atoms with van der Waals surface area (Å²) in [5.74, 6) is -0.224. The van der Waals surface area contributed by atoms with Crippen LogP contribution >= 0.6 is 47.2 Å². The lowest BCUT2D eigenvalue weighted by Gasteiger charge is -2.26. The number of carbonyl (C=O) groups excluding carboxylic acids is 1. The van der Waals surface area contributed by atoms with Crippen molar-refractivity contribution in [1.82, 2.24) is 10.4 Å². The van der Waals surface area contributed by atoms with Crippen LogP contribution in [0.5, 0.6) is 0 Å². The quantitative estimate of drug-likeness (QED) is 0.673. The van der Waals surface area contributed by atoms with Crippen molar-refractivity contribution in [2.24, 2.45) is 5.10 Å². The Morgan fingerprint density at radius 2 is 1.70 bits per heavy atom. The molecule has 160 valence electrons. The van der Waals surface area contributed by atoms with Gasteiger partial charge < -0.3 is 4.74 Å². The van der Waals surface area contributed by atoms with E-state index in [0.717, 1.165) is 5.56 Å². The lowest BCUT2D eigenvalue weighted by molar-refractivity contribution is -0.121. The average molecular weight is 490 g/mol. The molecule has 1 atom stereocenters. The van der Waals surface area contributed by atoms with Crippen LogP contribution in [0.2, 0.25) is 15.1 Å². The second-order valence-corrected chi connectivity index (χ2v) is 8.08. The number of ether oxygens (including phenoxy) is 1. The molecular formula is C20H20Cl4N4O2. The largest absolute Gasteiger partial charge is 0.379 e. The third-order valence-electron chi connectivity index (χ3n) is 4.85. The molecule has 1 saturated heterocycles. The molecule has 1 N–H and O–H groups in total. The Morgan fingerprint density at radius 1 is 1.03 bits per heavy atom. The zero-order chi connectivity index (χ0) is 20.4. The molecular weight excluding hydrogens is 470 g/mol. The number of nitrogens with zero attached hydrogens (tertiary/aromatic N) is 3. The number of hydrazine groups is 1. The van der Waals surface area contributed by atoms with E-state index in [9.17, 15) is 4.79 Å². The van der Waals surface area contributed by atoms with E-state index in [1.165, 1.54) is 0 Å². The van der Waals surface area contributed by atoms with Crippen LogP contribution in [0.3, 0.4) is 0 Å². The van der Waals surface area contributed by atoms with Crippen LogP contribution in [0.15, 0.2) is 47.6 Å². The van der Waals surface area contributed by atoms with E-state index >= 15 is 0 Å². The van der Waals surface area contributed by atoms with Crippen LogP contribution in [0.25, 0.3) is 0 Å². The molecule has 0 aromatic heterocycles. The van der Waals surface area contributed by atoms with Gasteiger partial charge in [-0.25, -0.2) is 5.01 Å². The minimum Gasteiger partial charge on any atom is -0.379 e. The topological polar surface area (TPSA) is 57.2 Å². The van der Waals surface area contributed by atoms with Crippen molar-refractivity contribution >= 4 is 64.5 Å². The third-order valence-corrected chi connectivity index (χ3v) is 5.64. The molecule has 1 fully saturated rings. The summed E-state index contributed by atoms with van der Waals surface area (Å²) in [6, 6.07) is 12.6. The van der Waals surface area contributed by atoms with Gasteiger partial charge in [-0.05, 0) is 35.9 Å². The summed E-state index contributed by atoms with van der Waals surface area (Å²) in [6.07, 6.45) is 0.441. The second-order valence-electron chi connectivity index (χ2n) is 6.80. The van der Waals surface area contributed by atoms with Gasteiger partial charge in [-0.15, -0.1) is 12.4 Å². The van der Waals surface area contributed by atoms with Crippen molar-refractivity contribution in [3.8, 4) is 0 Å². The van der Waals surface area contributed by atoms with Gasteiger partial charge in [0.1, 0.15) is 5.71 Å². The fraction of sp³-hybridized carbons (Fsp3) is 0.300. The lowest BCUT2D eigenvalue weighted by atomic mass is 10.0. The van der Waals surface area contributed by atoms with Crippen LogP contribution in [0.1, 0.15) is 18.0 Å². The Bertz CT molecular complexity index is 933. The standard InChI is InChI=1S/C20H19Cl3N4O2.ClH/c21-14-3-1-13(2-4-14)19-12-17(20(28)25-26-7-9-29-10-8-26)24-27(19)18-6-5-15(22)11-16(18)23;/h1-6,11,19H,7-10,12H2,(H,25,28);1H/t19-;/m0./s1. The number of morpholine rings is 1. The molecule has 1 amide bonds. The molecule has 0 bridgehead atoms. The van der Waals surface area contributed by atoms with Gasteiger partial charge in [-0.3, -0.25) is 15.2 Å². The second kappa shape index (κ2) is 10.2. The summed E-state index contributed by atoms with van der Waals surface area (Å²) in [5.41, 5.74) is 5.02. The number of carbonyl (C=O) groups is 1. The summed E-state index contributed by atoms with van der Waals surface area (Å²) in [6.45, 7) is 2.47. The van der Waals surface area contributed by atoms with Crippen molar-refractivity contribution in [1.29, 1.82) is 0 Å². The third kappa shape index (κ3) is 5.19. The SMILES string of the molecule is Cl.O=C(NN1CCOCC1)C1=NN(c2ccc(Cl)cc2Cl)[C@H](c2ccc(Cl)cc2)C1. The maximum Gasteiger partial charge on any atom is 0.281 e. The molecule has 4 rings (SSSR count). The first-order valence-electron chi connectivity index (χ1n) is 9.22. The molecule has 2 aromatic carbocycles. The zero-order valence-corrected chi connectivity index (χ0v) is 18.9. The number of hydrazone groups is 1. The number of hydrogen-bond donors (Lipinski definition) is 1. The number of hydrogen-bond acceptors (Lipinski definition) is 5. The predicted molar refractivity (Wildman–Crippen MR) is 123 cm³/mol. The molecule has 0 aliphatic carbocycles. The number of amides is 1. The highest BCUT2D eigenvalue weighted by Gasteiger charge is 2.34. The summed E-state index contributed by atoms with van der Waals surface area (Å²) >= 11 is 18.5. The maximum absolute atomic E-state index is 12.8. The van der Waals surface area contributed by atoms with Gasteiger partial charge in [0, 0.05) is 29.6 Å². The normalized spacial score (nSPS) is 19.2. The van der Waals surface area contributed by atoms with Crippen LogP contribution in [-0.2, 0) is 9.53 Å². The Labute approximate surface area is 196 Å². The number of rotatable bonds is 4. The molecule has 2 aromatic rings.